The number of ketones is 1. The van der Waals surface area contributed by atoms with Gasteiger partial charge in [0.2, 0.25) is 0 Å². The van der Waals surface area contributed by atoms with Crippen LogP contribution in [0.4, 0.5) is 0 Å². The summed E-state index contributed by atoms with van der Waals surface area (Å²) in [6.07, 6.45) is 1.33. The first-order valence-corrected chi connectivity index (χ1v) is 11.0. The second kappa shape index (κ2) is 11.2. The molecule has 4 heteroatoms. The molecule has 0 aliphatic carbocycles. The van der Waals surface area contributed by atoms with Crippen molar-refractivity contribution in [1.82, 2.24) is 4.98 Å². The van der Waals surface area contributed by atoms with Gasteiger partial charge in [-0.2, -0.15) is 0 Å². The van der Waals surface area contributed by atoms with Crippen LogP contribution in [0.5, 0.6) is 0 Å². The van der Waals surface area contributed by atoms with Crippen LogP contribution in [0, 0.1) is 37.7 Å². The number of aromatic nitrogens is 1. The molecular formula is C29H36IrNO2-. The van der Waals surface area contributed by atoms with E-state index in [1.165, 1.54) is 28.2 Å². The van der Waals surface area contributed by atoms with Gasteiger partial charge in [-0.1, -0.05) is 79.2 Å². The predicted octanol–water partition coefficient (Wildman–Crippen LogP) is 7.71. The van der Waals surface area contributed by atoms with E-state index in [4.69, 9.17) is 4.98 Å². The molecule has 0 aliphatic rings. The van der Waals surface area contributed by atoms with Crippen molar-refractivity contribution in [2.45, 2.75) is 62.3 Å². The average Bonchev–Trinajstić information content (AvgIpc) is 2.68. The number of hydrogen-bond acceptors (Lipinski definition) is 3. The zero-order chi connectivity index (χ0) is 24.3. The zero-order valence-corrected chi connectivity index (χ0v) is 23.6. The molecule has 3 rings (SSSR count). The number of aliphatic hydroxyl groups is 1. The third-order valence-corrected chi connectivity index (χ3v) is 5.40. The SMILES string of the molecule is CC(C)(C)C(=O)/C=C(\O)C(C)(C)C.Cc1ccc2nc(-c3[c-]ccc(C)c3C)ccc2c1.[Ir]. The largest absolute Gasteiger partial charge is 0.512 e. The second-order valence-electron chi connectivity index (χ2n) is 10.4. The Hall–Kier alpha value is -2.29. The minimum Gasteiger partial charge on any atom is -0.512 e. The van der Waals surface area contributed by atoms with Gasteiger partial charge < -0.3 is 5.11 Å². The standard InChI is InChI=1S/C18H16N.C11H20O2.Ir/c1-12-7-9-17-15(11-12)8-10-18(19-17)16-6-4-5-13(2)14(16)3;1-10(2,3)8(12)7-9(13)11(4,5)6;/h4-5,7-11H,1-3H3;7,12H,1-6H3;/q-1;;/b;8-7-;. The molecule has 0 amide bonds. The van der Waals surface area contributed by atoms with Crippen LogP contribution in [-0.4, -0.2) is 15.9 Å². The van der Waals surface area contributed by atoms with Crippen LogP contribution in [0.2, 0.25) is 0 Å². The van der Waals surface area contributed by atoms with Crippen molar-refractivity contribution >= 4 is 16.7 Å². The Labute approximate surface area is 212 Å². The fraction of sp³-hybridized carbons (Fsp3) is 0.379. The van der Waals surface area contributed by atoms with Crippen LogP contribution >= 0.6 is 0 Å². The van der Waals surface area contributed by atoms with Gasteiger partial charge in [0.25, 0.3) is 0 Å². The molecule has 0 unspecified atom stereocenters. The summed E-state index contributed by atoms with van der Waals surface area (Å²) < 4.78 is 0. The van der Waals surface area contributed by atoms with Crippen molar-refractivity contribution < 1.29 is 30.0 Å². The van der Waals surface area contributed by atoms with Gasteiger partial charge in [0.1, 0.15) is 5.76 Å². The molecule has 0 saturated carbocycles. The summed E-state index contributed by atoms with van der Waals surface area (Å²) >= 11 is 0. The number of fused-ring (bicyclic) bond motifs is 1. The molecule has 1 aromatic heterocycles. The van der Waals surface area contributed by atoms with Gasteiger partial charge >= 0.3 is 0 Å². The molecular weight excluding hydrogens is 587 g/mol. The maximum absolute atomic E-state index is 11.5. The molecule has 0 saturated heterocycles. The number of aliphatic hydroxyl groups excluding tert-OH is 1. The fourth-order valence-corrected chi connectivity index (χ4v) is 2.89. The number of aryl methyl sites for hydroxylation is 2. The maximum atomic E-state index is 11.5. The van der Waals surface area contributed by atoms with Crippen LogP contribution in [-0.2, 0) is 24.9 Å². The summed E-state index contributed by atoms with van der Waals surface area (Å²) in [6, 6.07) is 17.9. The van der Waals surface area contributed by atoms with E-state index in [1.807, 2.05) is 47.6 Å². The number of carbonyl (C=O) groups excluding carboxylic acids is 1. The van der Waals surface area contributed by atoms with Gasteiger partial charge in [0.05, 0.1) is 5.52 Å². The first-order valence-electron chi connectivity index (χ1n) is 11.0. The van der Waals surface area contributed by atoms with Gasteiger partial charge in [0.15, 0.2) is 5.78 Å². The number of benzene rings is 2. The molecule has 0 spiro atoms. The molecule has 2 aromatic carbocycles. The van der Waals surface area contributed by atoms with Gasteiger partial charge in [0, 0.05) is 37.0 Å². The smallest absolute Gasteiger partial charge is 0.164 e. The number of rotatable bonds is 2. The summed E-state index contributed by atoms with van der Waals surface area (Å²) in [6.45, 7) is 17.5. The fourth-order valence-electron chi connectivity index (χ4n) is 2.89. The first-order chi connectivity index (χ1) is 14.7. The topological polar surface area (TPSA) is 50.2 Å². The van der Waals surface area contributed by atoms with Crippen LogP contribution in [0.1, 0.15) is 58.2 Å². The van der Waals surface area contributed by atoms with Crippen LogP contribution in [0.3, 0.4) is 0 Å². The van der Waals surface area contributed by atoms with E-state index in [9.17, 15) is 9.90 Å². The van der Waals surface area contributed by atoms with Gasteiger partial charge in [-0.05, 0) is 30.1 Å². The van der Waals surface area contributed by atoms with E-state index >= 15 is 0 Å². The number of carbonyl (C=O) groups is 1. The van der Waals surface area contributed by atoms with Crippen LogP contribution in [0.15, 0.2) is 54.3 Å². The maximum Gasteiger partial charge on any atom is 0.164 e. The first kappa shape index (κ1) is 28.7. The molecule has 3 nitrogen and oxygen atoms in total. The van der Waals surface area contributed by atoms with Crippen molar-refractivity contribution in [3.63, 3.8) is 0 Å². The Bertz CT molecular complexity index is 1150. The normalized spacial score (nSPS) is 12.0. The van der Waals surface area contributed by atoms with Gasteiger partial charge in [-0.25, -0.2) is 0 Å². The molecule has 0 atom stereocenters. The van der Waals surface area contributed by atoms with E-state index in [2.05, 4.69) is 63.2 Å². The number of pyridine rings is 1. The van der Waals surface area contributed by atoms with Crippen LogP contribution < -0.4 is 0 Å². The molecule has 179 valence electrons. The quantitative estimate of drug-likeness (QED) is 0.181. The Morgan fingerprint density at radius 2 is 1.58 bits per heavy atom. The molecule has 0 aliphatic heterocycles. The number of hydrogen-bond donors (Lipinski definition) is 1. The second-order valence-corrected chi connectivity index (χ2v) is 10.4. The average molecular weight is 623 g/mol. The Balaban J connectivity index is 0.000000346. The summed E-state index contributed by atoms with van der Waals surface area (Å²) in [5, 5.41) is 10.7. The van der Waals surface area contributed by atoms with Crippen molar-refractivity contribution in [3.8, 4) is 11.3 Å². The summed E-state index contributed by atoms with van der Waals surface area (Å²) in [5.74, 6) is 0.104. The van der Waals surface area contributed by atoms with Crippen molar-refractivity contribution in [1.29, 1.82) is 0 Å². The zero-order valence-electron chi connectivity index (χ0n) is 21.3. The van der Waals surface area contributed by atoms with Crippen LogP contribution in [0.25, 0.3) is 22.2 Å². The van der Waals surface area contributed by atoms with Gasteiger partial charge in [-0.3, -0.25) is 9.78 Å². The molecule has 0 bridgehead atoms. The summed E-state index contributed by atoms with van der Waals surface area (Å²) in [4.78, 5) is 16.2. The van der Waals surface area contributed by atoms with E-state index < -0.39 is 5.41 Å². The molecule has 1 heterocycles. The summed E-state index contributed by atoms with van der Waals surface area (Å²) in [5.41, 5.74) is 6.17. The van der Waals surface area contributed by atoms with E-state index in [0.29, 0.717) is 0 Å². The third-order valence-electron chi connectivity index (χ3n) is 5.40. The predicted molar refractivity (Wildman–Crippen MR) is 135 cm³/mol. The van der Waals surface area contributed by atoms with E-state index in [1.54, 1.807) is 0 Å². The molecule has 0 fully saturated rings. The van der Waals surface area contributed by atoms with Crippen molar-refractivity contribution in [2.24, 2.45) is 10.8 Å². The van der Waals surface area contributed by atoms with E-state index in [0.717, 1.165) is 16.8 Å². The minimum absolute atomic E-state index is 0. The third kappa shape index (κ3) is 7.91. The van der Waals surface area contributed by atoms with Crippen molar-refractivity contribution in [3.05, 3.63) is 77.1 Å². The van der Waals surface area contributed by atoms with Gasteiger partial charge in [-0.15, -0.1) is 34.9 Å². The van der Waals surface area contributed by atoms with Crippen molar-refractivity contribution in [2.75, 3.05) is 0 Å². The number of nitrogens with zero attached hydrogens (tertiary/aromatic N) is 1. The monoisotopic (exact) mass is 623 g/mol. The number of allylic oxidation sites excluding steroid dienone is 2. The Morgan fingerprint density at radius 3 is 2.15 bits per heavy atom. The molecule has 33 heavy (non-hydrogen) atoms. The Kier molecular flexibility index (Phi) is 9.78. The Morgan fingerprint density at radius 1 is 0.939 bits per heavy atom. The minimum atomic E-state index is -0.417. The molecule has 1 radical (unpaired) electrons. The molecule has 3 aromatic rings. The van der Waals surface area contributed by atoms with E-state index in [-0.39, 0.29) is 37.1 Å². The molecule has 1 N–H and O–H groups in total. The summed E-state index contributed by atoms with van der Waals surface area (Å²) in [7, 11) is 0.